The smallest absolute Gasteiger partial charge is 0.128 e. The largest absolute Gasteiger partial charge is 0.323 e. The van der Waals surface area contributed by atoms with Gasteiger partial charge in [-0.1, -0.05) is 18.2 Å². The van der Waals surface area contributed by atoms with Crippen LogP contribution in [0.5, 0.6) is 0 Å². The number of thioether (sulfide) groups is 1. The molecule has 2 rings (SSSR count). The quantitative estimate of drug-likeness (QED) is 0.852. The van der Waals surface area contributed by atoms with E-state index in [0.717, 1.165) is 4.90 Å². The number of rotatable bonds is 4. The fourth-order valence-corrected chi connectivity index (χ4v) is 2.46. The van der Waals surface area contributed by atoms with Crippen molar-refractivity contribution in [3.63, 3.8) is 0 Å². The van der Waals surface area contributed by atoms with Crippen LogP contribution >= 0.6 is 11.8 Å². The van der Waals surface area contributed by atoms with Crippen LogP contribution in [0.15, 0.2) is 53.4 Å². The Morgan fingerprint density at radius 3 is 2.33 bits per heavy atom. The van der Waals surface area contributed by atoms with Crippen LogP contribution in [0.4, 0.5) is 8.78 Å². The van der Waals surface area contributed by atoms with E-state index in [1.165, 1.54) is 30.0 Å². The molecule has 1 unspecified atom stereocenters. The van der Waals surface area contributed by atoms with Gasteiger partial charge in [-0.25, -0.2) is 8.78 Å². The Balaban J connectivity index is 1.98. The van der Waals surface area contributed by atoms with Crippen LogP contribution in [0, 0.1) is 11.6 Å². The summed E-state index contributed by atoms with van der Waals surface area (Å²) in [6, 6.07) is 12.3. The van der Waals surface area contributed by atoms with Gasteiger partial charge in [-0.15, -0.1) is 11.8 Å². The van der Waals surface area contributed by atoms with E-state index >= 15 is 0 Å². The molecule has 2 N–H and O–H groups in total. The van der Waals surface area contributed by atoms with E-state index in [1.807, 2.05) is 0 Å². The molecule has 2 aromatic rings. The molecule has 18 heavy (non-hydrogen) atoms. The van der Waals surface area contributed by atoms with Gasteiger partial charge in [0.05, 0.1) is 0 Å². The average Bonchev–Trinajstić information content (AvgIpc) is 2.38. The third kappa shape index (κ3) is 3.31. The molecule has 0 aliphatic carbocycles. The maximum absolute atomic E-state index is 13.5. The number of benzene rings is 2. The molecule has 1 nitrogen and oxygen atoms in total. The molecule has 0 heterocycles. The van der Waals surface area contributed by atoms with Crippen molar-refractivity contribution in [2.24, 2.45) is 5.73 Å². The molecule has 0 aromatic heterocycles. The molecular weight excluding hydrogens is 252 g/mol. The molecule has 0 fully saturated rings. The molecule has 0 aliphatic heterocycles. The normalized spacial score (nSPS) is 12.4. The Morgan fingerprint density at radius 2 is 1.67 bits per heavy atom. The molecule has 0 saturated heterocycles. The van der Waals surface area contributed by atoms with Gasteiger partial charge in [-0.05, 0) is 30.3 Å². The third-order valence-electron chi connectivity index (χ3n) is 2.55. The van der Waals surface area contributed by atoms with Gasteiger partial charge in [-0.2, -0.15) is 0 Å². The van der Waals surface area contributed by atoms with Gasteiger partial charge >= 0.3 is 0 Å². The highest BCUT2D eigenvalue weighted by atomic mass is 32.2. The first-order valence-electron chi connectivity index (χ1n) is 5.55. The zero-order valence-corrected chi connectivity index (χ0v) is 10.5. The Morgan fingerprint density at radius 1 is 1.00 bits per heavy atom. The summed E-state index contributed by atoms with van der Waals surface area (Å²) in [6.45, 7) is 0. The van der Waals surface area contributed by atoms with Crippen molar-refractivity contribution in [1.82, 2.24) is 0 Å². The first kappa shape index (κ1) is 13.1. The summed E-state index contributed by atoms with van der Waals surface area (Å²) < 4.78 is 26.2. The van der Waals surface area contributed by atoms with Crippen molar-refractivity contribution >= 4 is 11.8 Å². The second-order valence-corrected chi connectivity index (χ2v) is 4.99. The van der Waals surface area contributed by atoms with E-state index in [9.17, 15) is 8.78 Å². The molecule has 0 spiro atoms. The van der Waals surface area contributed by atoms with Crippen molar-refractivity contribution < 1.29 is 8.78 Å². The summed E-state index contributed by atoms with van der Waals surface area (Å²) in [7, 11) is 0. The van der Waals surface area contributed by atoms with Crippen LogP contribution in [0.3, 0.4) is 0 Å². The van der Waals surface area contributed by atoms with Gasteiger partial charge in [0.2, 0.25) is 0 Å². The zero-order chi connectivity index (χ0) is 13.0. The molecule has 0 aliphatic rings. The van der Waals surface area contributed by atoms with Crippen molar-refractivity contribution in [1.29, 1.82) is 0 Å². The molecule has 0 radical (unpaired) electrons. The molecule has 4 heteroatoms. The maximum Gasteiger partial charge on any atom is 0.128 e. The zero-order valence-electron chi connectivity index (χ0n) is 9.64. The summed E-state index contributed by atoms with van der Waals surface area (Å²) in [6.07, 6.45) is 0. The standard InChI is InChI=1S/C14H13F2NS/c15-10-5-7-11(8-6-10)18-9-14(17)12-3-1-2-4-13(12)16/h1-8,14H,9,17H2. The minimum Gasteiger partial charge on any atom is -0.323 e. The third-order valence-corrected chi connectivity index (χ3v) is 3.68. The lowest BCUT2D eigenvalue weighted by Crippen LogP contribution is -2.14. The van der Waals surface area contributed by atoms with E-state index in [0.29, 0.717) is 11.3 Å². The molecule has 0 saturated carbocycles. The van der Waals surface area contributed by atoms with Crippen molar-refractivity contribution in [2.45, 2.75) is 10.9 Å². The second kappa shape index (κ2) is 5.98. The predicted octanol–water partition coefficient (Wildman–Crippen LogP) is 3.76. The first-order chi connectivity index (χ1) is 8.66. The minimum atomic E-state index is -0.374. The van der Waals surface area contributed by atoms with E-state index in [-0.39, 0.29) is 17.7 Å². The van der Waals surface area contributed by atoms with E-state index in [4.69, 9.17) is 5.73 Å². The maximum atomic E-state index is 13.5. The van der Waals surface area contributed by atoms with E-state index in [2.05, 4.69) is 0 Å². The molecule has 2 aromatic carbocycles. The van der Waals surface area contributed by atoms with Crippen LogP contribution in [0.25, 0.3) is 0 Å². The molecule has 0 amide bonds. The van der Waals surface area contributed by atoms with Crippen LogP contribution in [0.2, 0.25) is 0 Å². The van der Waals surface area contributed by atoms with Gasteiger partial charge < -0.3 is 5.73 Å². The van der Waals surface area contributed by atoms with Gasteiger partial charge in [0.15, 0.2) is 0 Å². The summed E-state index contributed by atoms with van der Waals surface area (Å²) in [5.41, 5.74) is 6.45. The van der Waals surface area contributed by atoms with E-state index in [1.54, 1.807) is 30.3 Å². The highest BCUT2D eigenvalue weighted by Gasteiger charge is 2.10. The molecule has 1 atom stereocenters. The van der Waals surface area contributed by atoms with Crippen LogP contribution in [0.1, 0.15) is 11.6 Å². The van der Waals surface area contributed by atoms with Crippen LogP contribution < -0.4 is 5.73 Å². The molecular formula is C14H13F2NS. The minimum absolute atomic E-state index is 0.266. The van der Waals surface area contributed by atoms with Crippen molar-refractivity contribution in [3.05, 3.63) is 65.7 Å². The summed E-state index contributed by atoms with van der Waals surface area (Å²) in [4.78, 5) is 0.920. The SMILES string of the molecule is NC(CSc1ccc(F)cc1)c1ccccc1F. The number of hydrogen-bond donors (Lipinski definition) is 1. The van der Waals surface area contributed by atoms with Gasteiger partial charge in [0, 0.05) is 22.3 Å². The van der Waals surface area contributed by atoms with Crippen LogP contribution in [-0.2, 0) is 0 Å². The lowest BCUT2D eigenvalue weighted by molar-refractivity contribution is 0.595. The van der Waals surface area contributed by atoms with Gasteiger partial charge in [0.25, 0.3) is 0 Å². The summed E-state index contributed by atoms with van der Waals surface area (Å²) >= 11 is 1.48. The first-order valence-corrected chi connectivity index (χ1v) is 6.54. The Hall–Kier alpha value is -1.39. The average molecular weight is 265 g/mol. The Labute approximate surface area is 109 Å². The number of hydrogen-bond acceptors (Lipinski definition) is 2. The number of halogens is 2. The second-order valence-electron chi connectivity index (χ2n) is 3.89. The number of nitrogens with two attached hydrogens (primary N) is 1. The highest BCUT2D eigenvalue weighted by molar-refractivity contribution is 7.99. The molecule has 0 bridgehead atoms. The monoisotopic (exact) mass is 265 g/mol. The van der Waals surface area contributed by atoms with Gasteiger partial charge in [0.1, 0.15) is 11.6 Å². The van der Waals surface area contributed by atoms with Crippen LogP contribution in [-0.4, -0.2) is 5.75 Å². The Kier molecular flexibility index (Phi) is 4.33. The summed E-state index contributed by atoms with van der Waals surface area (Å²) in [5.74, 6) is -0.00510. The lowest BCUT2D eigenvalue weighted by Gasteiger charge is -2.12. The highest BCUT2D eigenvalue weighted by Crippen LogP contribution is 2.24. The molecule has 94 valence electrons. The van der Waals surface area contributed by atoms with Crippen molar-refractivity contribution in [3.8, 4) is 0 Å². The predicted molar refractivity (Wildman–Crippen MR) is 70.5 cm³/mol. The summed E-state index contributed by atoms with van der Waals surface area (Å²) in [5, 5.41) is 0. The van der Waals surface area contributed by atoms with E-state index < -0.39 is 0 Å². The fraction of sp³-hybridized carbons (Fsp3) is 0.143. The van der Waals surface area contributed by atoms with Gasteiger partial charge in [-0.3, -0.25) is 0 Å². The topological polar surface area (TPSA) is 26.0 Å². The fourth-order valence-electron chi connectivity index (χ4n) is 1.58. The lowest BCUT2D eigenvalue weighted by atomic mass is 10.1. The Bertz CT molecular complexity index is 513. The van der Waals surface area contributed by atoms with Crippen molar-refractivity contribution in [2.75, 3.05) is 5.75 Å².